The van der Waals surface area contributed by atoms with Gasteiger partial charge in [0.05, 0.1) is 6.04 Å². The fraction of sp³-hybridized carbons (Fsp3) is 0.636. The number of hydrogen-bond donors (Lipinski definition) is 2. The maximum atomic E-state index is 13.2. The molecule has 2 N–H and O–H groups in total. The van der Waals surface area contributed by atoms with Crippen molar-refractivity contribution in [1.82, 2.24) is 15.1 Å². The molecular weight excluding hydrogens is 352 g/mol. The van der Waals surface area contributed by atoms with Gasteiger partial charge in [0.25, 0.3) is 0 Å². The molecule has 28 heavy (non-hydrogen) atoms. The van der Waals surface area contributed by atoms with Gasteiger partial charge in [0.15, 0.2) is 0 Å². The first kappa shape index (κ1) is 20.6. The van der Waals surface area contributed by atoms with Gasteiger partial charge in [0.1, 0.15) is 0 Å². The number of carbonyl (C=O) groups excluding carboxylic acids is 2. The molecule has 1 saturated carbocycles. The summed E-state index contributed by atoms with van der Waals surface area (Å²) in [5.41, 5.74) is 2.04. The first-order valence-corrected chi connectivity index (χ1v) is 10.6. The second-order valence-electron chi connectivity index (χ2n) is 8.47. The van der Waals surface area contributed by atoms with E-state index in [-0.39, 0.29) is 24.0 Å². The molecule has 0 bridgehead atoms. The Balaban J connectivity index is 1.64. The number of aryl methyl sites for hydroxylation is 1. The summed E-state index contributed by atoms with van der Waals surface area (Å²) in [6.45, 7) is 8.81. The summed E-state index contributed by atoms with van der Waals surface area (Å²) in [6.07, 6.45) is 4.63. The van der Waals surface area contributed by atoms with Crippen molar-refractivity contribution in [2.24, 2.45) is 5.92 Å². The third-order valence-electron chi connectivity index (χ3n) is 5.84. The third-order valence-corrected chi connectivity index (χ3v) is 5.84. The molecule has 3 amide bonds. The summed E-state index contributed by atoms with van der Waals surface area (Å²) >= 11 is 0. The number of piperazine rings is 1. The van der Waals surface area contributed by atoms with Crippen molar-refractivity contribution in [3.63, 3.8) is 0 Å². The van der Waals surface area contributed by atoms with Gasteiger partial charge in [0.2, 0.25) is 5.91 Å². The minimum absolute atomic E-state index is 0.00354. The molecular formula is C22H34N4O2. The molecule has 1 aromatic rings. The molecule has 6 nitrogen and oxygen atoms in total. The highest BCUT2D eigenvalue weighted by Gasteiger charge is 2.37. The number of rotatable bonds is 5. The minimum atomic E-state index is -0.112. The van der Waals surface area contributed by atoms with E-state index in [2.05, 4.69) is 15.5 Å². The SMILES string of the molecule is Cc1ccc(NC(=O)C(C2CCCC2)N2CCN(C(=O)NC(C)C)CC2)cc1. The zero-order valence-corrected chi connectivity index (χ0v) is 17.4. The molecule has 154 valence electrons. The van der Waals surface area contributed by atoms with E-state index >= 15 is 0 Å². The van der Waals surface area contributed by atoms with Gasteiger partial charge in [-0.2, -0.15) is 0 Å². The lowest BCUT2D eigenvalue weighted by Crippen LogP contribution is -2.58. The Morgan fingerprint density at radius 3 is 2.18 bits per heavy atom. The van der Waals surface area contributed by atoms with Crippen molar-refractivity contribution >= 4 is 17.6 Å². The van der Waals surface area contributed by atoms with Crippen LogP contribution in [0.25, 0.3) is 0 Å². The van der Waals surface area contributed by atoms with Crippen molar-refractivity contribution < 1.29 is 9.59 Å². The molecule has 1 aliphatic carbocycles. The Morgan fingerprint density at radius 1 is 1.00 bits per heavy atom. The van der Waals surface area contributed by atoms with Crippen LogP contribution in [0.2, 0.25) is 0 Å². The van der Waals surface area contributed by atoms with Crippen LogP contribution in [0.5, 0.6) is 0 Å². The fourth-order valence-electron chi connectivity index (χ4n) is 4.35. The zero-order chi connectivity index (χ0) is 20.1. The number of hydrogen-bond acceptors (Lipinski definition) is 3. The maximum Gasteiger partial charge on any atom is 0.317 e. The number of nitrogens with zero attached hydrogens (tertiary/aromatic N) is 2. The highest BCUT2D eigenvalue weighted by molar-refractivity contribution is 5.95. The monoisotopic (exact) mass is 386 g/mol. The molecule has 1 aromatic carbocycles. The highest BCUT2D eigenvalue weighted by atomic mass is 16.2. The lowest BCUT2D eigenvalue weighted by atomic mass is 9.95. The smallest absolute Gasteiger partial charge is 0.317 e. The van der Waals surface area contributed by atoms with E-state index in [0.717, 1.165) is 31.6 Å². The minimum Gasteiger partial charge on any atom is -0.336 e. The van der Waals surface area contributed by atoms with E-state index in [9.17, 15) is 9.59 Å². The van der Waals surface area contributed by atoms with Gasteiger partial charge >= 0.3 is 6.03 Å². The van der Waals surface area contributed by atoms with Crippen LogP contribution >= 0.6 is 0 Å². The molecule has 1 saturated heterocycles. The standard InChI is InChI=1S/C22H34N4O2/c1-16(2)23-22(28)26-14-12-25(13-15-26)20(18-6-4-5-7-18)21(27)24-19-10-8-17(3)9-11-19/h8-11,16,18,20H,4-7,12-15H2,1-3H3,(H,23,28)(H,24,27). The van der Waals surface area contributed by atoms with E-state index < -0.39 is 0 Å². The fourth-order valence-corrected chi connectivity index (χ4v) is 4.35. The predicted molar refractivity (Wildman–Crippen MR) is 112 cm³/mol. The van der Waals surface area contributed by atoms with Crippen molar-refractivity contribution in [3.8, 4) is 0 Å². The summed E-state index contributed by atoms with van der Waals surface area (Å²) in [4.78, 5) is 29.6. The highest BCUT2D eigenvalue weighted by Crippen LogP contribution is 2.31. The summed E-state index contributed by atoms with van der Waals surface area (Å²) in [6, 6.07) is 7.99. The molecule has 0 aromatic heterocycles. The molecule has 2 aliphatic rings. The average molecular weight is 387 g/mol. The molecule has 1 atom stereocenters. The van der Waals surface area contributed by atoms with Crippen LogP contribution in [-0.2, 0) is 4.79 Å². The van der Waals surface area contributed by atoms with Crippen LogP contribution in [0.3, 0.4) is 0 Å². The van der Waals surface area contributed by atoms with E-state index in [0.29, 0.717) is 19.0 Å². The number of anilines is 1. The molecule has 1 unspecified atom stereocenters. The summed E-state index contributed by atoms with van der Waals surface area (Å²) in [5.74, 6) is 0.498. The van der Waals surface area contributed by atoms with E-state index in [1.807, 2.05) is 49.9 Å². The molecule has 1 aliphatic heterocycles. The normalized spacial score (nSPS) is 19.6. The zero-order valence-electron chi connectivity index (χ0n) is 17.4. The molecule has 0 spiro atoms. The van der Waals surface area contributed by atoms with Gasteiger partial charge in [-0.15, -0.1) is 0 Å². The summed E-state index contributed by atoms with van der Waals surface area (Å²) < 4.78 is 0. The molecule has 0 radical (unpaired) electrons. The van der Waals surface area contributed by atoms with Gasteiger partial charge in [-0.25, -0.2) is 4.79 Å². The molecule has 6 heteroatoms. The second-order valence-corrected chi connectivity index (χ2v) is 8.47. The lowest BCUT2D eigenvalue weighted by molar-refractivity contribution is -0.123. The van der Waals surface area contributed by atoms with Gasteiger partial charge in [-0.1, -0.05) is 30.5 Å². The van der Waals surface area contributed by atoms with Crippen LogP contribution < -0.4 is 10.6 Å². The third kappa shape index (κ3) is 5.25. The van der Waals surface area contributed by atoms with Crippen LogP contribution in [-0.4, -0.2) is 60.0 Å². The number of nitrogens with one attached hydrogen (secondary N) is 2. The van der Waals surface area contributed by atoms with Crippen molar-refractivity contribution in [1.29, 1.82) is 0 Å². The van der Waals surface area contributed by atoms with Crippen molar-refractivity contribution in [2.45, 2.75) is 58.5 Å². The first-order chi connectivity index (χ1) is 13.4. The Bertz CT molecular complexity index is 660. The maximum absolute atomic E-state index is 13.2. The van der Waals surface area contributed by atoms with Crippen LogP contribution in [0.4, 0.5) is 10.5 Å². The lowest BCUT2D eigenvalue weighted by Gasteiger charge is -2.40. The summed E-state index contributed by atoms with van der Waals surface area (Å²) in [7, 11) is 0. The van der Waals surface area contributed by atoms with Crippen LogP contribution in [0.15, 0.2) is 24.3 Å². The Labute approximate surface area is 168 Å². The number of urea groups is 1. The van der Waals surface area contributed by atoms with Crippen LogP contribution in [0, 0.1) is 12.8 Å². The Morgan fingerprint density at radius 2 is 1.61 bits per heavy atom. The van der Waals surface area contributed by atoms with Crippen LogP contribution in [0.1, 0.15) is 45.1 Å². The molecule has 3 rings (SSSR count). The van der Waals surface area contributed by atoms with Crippen molar-refractivity contribution in [2.75, 3.05) is 31.5 Å². The van der Waals surface area contributed by atoms with E-state index in [4.69, 9.17) is 0 Å². The number of amides is 3. The Kier molecular flexibility index (Phi) is 6.94. The topological polar surface area (TPSA) is 64.7 Å². The quantitative estimate of drug-likeness (QED) is 0.817. The van der Waals surface area contributed by atoms with Gasteiger partial charge in [-0.05, 0) is 51.7 Å². The number of benzene rings is 1. The van der Waals surface area contributed by atoms with E-state index in [1.165, 1.54) is 18.4 Å². The Hall–Kier alpha value is -2.08. The summed E-state index contributed by atoms with van der Waals surface area (Å²) in [5, 5.41) is 6.09. The molecule has 2 fully saturated rings. The van der Waals surface area contributed by atoms with Gasteiger partial charge in [-0.3, -0.25) is 9.69 Å². The number of carbonyl (C=O) groups is 2. The van der Waals surface area contributed by atoms with Gasteiger partial charge < -0.3 is 15.5 Å². The average Bonchev–Trinajstić information content (AvgIpc) is 3.18. The van der Waals surface area contributed by atoms with E-state index in [1.54, 1.807) is 0 Å². The second kappa shape index (κ2) is 9.41. The van der Waals surface area contributed by atoms with Gasteiger partial charge in [0, 0.05) is 37.9 Å². The first-order valence-electron chi connectivity index (χ1n) is 10.6. The van der Waals surface area contributed by atoms with Crippen molar-refractivity contribution in [3.05, 3.63) is 29.8 Å². The largest absolute Gasteiger partial charge is 0.336 e. The molecule has 1 heterocycles. The predicted octanol–water partition coefficient (Wildman–Crippen LogP) is 3.23.